The van der Waals surface area contributed by atoms with Crippen LogP contribution in [0.1, 0.15) is 12.2 Å². The largest absolute Gasteiger partial charge is 0.369 e. The van der Waals surface area contributed by atoms with Gasteiger partial charge in [0, 0.05) is 41.0 Å². The van der Waals surface area contributed by atoms with E-state index in [1.807, 2.05) is 30.6 Å². The minimum Gasteiger partial charge on any atom is -0.369 e. The highest BCUT2D eigenvalue weighted by molar-refractivity contribution is 7.13. The van der Waals surface area contributed by atoms with Crippen LogP contribution >= 0.6 is 11.3 Å². The molecule has 3 heterocycles. The van der Waals surface area contributed by atoms with E-state index in [0.717, 1.165) is 22.6 Å². The molecule has 0 aliphatic rings. The van der Waals surface area contributed by atoms with Crippen molar-refractivity contribution in [2.45, 2.75) is 13.3 Å². The molecule has 0 saturated carbocycles. The van der Waals surface area contributed by atoms with Crippen LogP contribution in [0, 0.1) is 18.3 Å². The molecule has 0 fully saturated rings. The number of aryl methyl sites for hydroxylation is 1. The van der Waals surface area contributed by atoms with E-state index in [9.17, 15) is 0 Å². The molecule has 0 bridgehead atoms. The average Bonchev–Trinajstić information content (AvgIpc) is 3.09. The highest BCUT2D eigenvalue weighted by atomic mass is 32.1. The molecule has 6 heteroatoms. The summed E-state index contributed by atoms with van der Waals surface area (Å²) in [5.41, 5.74) is 2.85. The number of nitrogens with one attached hydrogen (secondary N) is 1. The molecule has 5 nitrogen and oxygen atoms in total. The molecule has 3 aromatic rings. The Morgan fingerprint density at radius 1 is 1.22 bits per heavy atom. The van der Waals surface area contributed by atoms with Gasteiger partial charge in [-0.2, -0.15) is 5.26 Å². The van der Waals surface area contributed by atoms with Crippen LogP contribution in [0.3, 0.4) is 0 Å². The van der Waals surface area contributed by atoms with E-state index in [0.29, 0.717) is 18.8 Å². The van der Waals surface area contributed by atoms with Crippen molar-refractivity contribution >= 4 is 17.2 Å². The lowest BCUT2D eigenvalue weighted by molar-refractivity contribution is 1.01. The van der Waals surface area contributed by atoms with Gasteiger partial charge in [0.1, 0.15) is 11.6 Å². The summed E-state index contributed by atoms with van der Waals surface area (Å²) in [6.45, 7) is 2.43. The van der Waals surface area contributed by atoms with Gasteiger partial charge >= 0.3 is 0 Å². The first-order chi connectivity index (χ1) is 11.3. The zero-order valence-corrected chi connectivity index (χ0v) is 13.5. The second kappa shape index (κ2) is 6.99. The van der Waals surface area contributed by atoms with Crippen LogP contribution in [-0.4, -0.2) is 21.5 Å². The molecular formula is C17H15N5S. The van der Waals surface area contributed by atoms with E-state index in [1.54, 1.807) is 17.5 Å². The number of anilines is 1. The second-order valence-corrected chi connectivity index (χ2v) is 5.91. The van der Waals surface area contributed by atoms with Gasteiger partial charge < -0.3 is 5.32 Å². The Bertz CT molecular complexity index is 836. The van der Waals surface area contributed by atoms with Crippen molar-refractivity contribution in [2.24, 2.45) is 0 Å². The topological polar surface area (TPSA) is 74.5 Å². The highest BCUT2D eigenvalue weighted by Gasteiger charge is 2.07. The molecule has 0 radical (unpaired) electrons. The van der Waals surface area contributed by atoms with Crippen molar-refractivity contribution in [3.63, 3.8) is 0 Å². The van der Waals surface area contributed by atoms with Gasteiger partial charge in [0.15, 0.2) is 0 Å². The van der Waals surface area contributed by atoms with Gasteiger partial charge in [-0.1, -0.05) is 6.07 Å². The summed E-state index contributed by atoms with van der Waals surface area (Å²) in [5.74, 6) is 1.41. The second-order valence-electron chi connectivity index (χ2n) is 4.96. The van der Waals surface area contributed by atoms with E-state index in [4.69, 9.17) is 5.26 Å². The van der Waals surface area contributed by atoms with Gasteiger partial charge in [0.25, 0.3) is 0 Å². The Balaban J connectivity index is 1.92. The lowest BCUT2D eigenvalue weighted by atomic mass is 10.1. The van der Waals surface area contributed by atoms with Crippen LogP contribution in [-0.2, 0) is 0 Å². The Morgan fingerprint density at radius 2 is 2.09 bits per heavy atom. The zero-order valence-electron chi connectivity index (χ0n) is 12.7. The summed E-state index contributed by atoms with van der Waals surface area (Å²) >= 11 is 1.68. The fourth-order valence-corrected chi connectivity index (χ4v) is 2.92. The standard InChI is InChI=1S/C17H15N5S/c1-12-21-15(9-17(22-12)20-6-3-5-18)13-8-14(11-19-10-13)16-4-2-7-23-16/h2,4,7-11H,3,6H2,1H3,(H,20,21,22). The van der Waals surface area contributed by atoms with Crippen molar-refractivity contribution < 1.29 is 0 Å². The smallest absolute Gasteiger partial charge is 0.130 e. The van der Waals surface area contributed by atoms with Gasteiger partial charge in [-0.3, -0.25) is 4.98 Å². The summed E-state index contributed by atoms with van der Waals surface area (Å²) in [6.07, 6.45) is 4.10. The lowest BCUT2D eigenvalue weighted by Crippen LogP contribution is -2.04. The molecule has 3 rings (SSSR count). The summed E-state index contributed by atoms with van der Waals surface area (Å²) in [6, 6.07) is 10.2. The molecule has 0 aromatic carbocycles. The van der Waals surface area contributed by atoms with Crippen LogP contribution in [0.15, 0.2) is 42.0 Å². The van der Waals surface area contributed by atoms with Crippen molar-refractivity contribution in [1.82, 2.24) is 15.0 Å². The van der Waals surface area contributed by atoms with E-state index < -0.39 is 0 Å². The van der Waals surface area contributed by atoms with Gasteiger partial charge in [-0.25, -0.2) is 9.97 Å². The van der Waals surface area contributed by atoms with Crippen molar-refractivity contribution in [3.05, 3.63) is 47.9 Å². The molecule has 114 valence electrons. The predicted octanol–water partition coefficient (Wildman–Crippen LogP) is 3.90. The third-order valence-corrected chi connectivity index (χ3v) is 4.14. The summed E-state index contributed by atoms with van der Waals surface area (Å²) in [7, 11) is 0. The Labute approximate surface area is 138 Å². The number of rotatable bonds is 5. The number of aromatic nitrogens is 3. The molecule has 23 heavy (non-hydrogen) atoms. The van der Waals surface area contributed by atoms with Crippen LogP contribution in [0.4, 0.5) is 5.82 Å². The molecule has 1 N–H and O–H groups in total. The molecule has 0 aliphatic heterocycles. The number of nitrogens with zero attached hydrogens (tertiary/aromatic N) is 4. The highest BCUT2D eigenvalue weighted by Crippen LogP contribution is 2.28. The van der Waals surface area contributed by atoms with Crippen LogP contribution < -0.4 is 5.32 Å². The van der Waals surface area contributed by atoms with Crippen LogP contribution in [0.2, 0.25) is 0 Å². The Morgan fingerprint density at radius 3 is 2.87 bits per heavy atom. The molecule has 3 aromatic heterocycles. The SMILES string of the molecule is Cc1nc(NCCC#N)cc(-c2cncc(-c3cccs3)c2)n1. The van der Waals surface area contributed by atoms with E-state index in [1.165, 1.54) is 4.88 Å². The summed E-state index contributed by atoms with van der Waals surface area (Å²) < 4.78 is 0. The maximum absolute atomic E-state index is 8.62. The normalized spacial score (nSPS) is 10.3. The zero-order chi connectivity index (χ0) is 16.1. The first kappa shape index (κ1) is 15.1. The molecular weight excluding hydrogens is 306 g/mol. The van der Waals surface area contributed by atoms with Gasteiger partial charge in [0.2, 0.25) is 0 Å². The first-order valence-electron chi connectivity index (χ1n) is 7.22. The van der Waals surface area contributed by atoms with Gasteiger partial charge in [0.05, 0.1) is 18.2 Å². The van der Waals surface area contributed by atoms with Crippen LogP contribution in [0.5, 0.6) is 0 Å². The minimum atomic E-state index is 0.438. The third-order valence-electron chi connectivity index (χ3n) is 3.22. The summed E-state index contributed by atoms with van der Waals surface area (Å²) in [5, 5.41) is 13.8. The Hall–Kier alpha value is -2.78. The molecule has 0 unspecified atom stereocenters. The molecule has 0 aliphatic carbocycles. The average molecular weight is 321 g/mol. The number of thiophene rings is 1. The van der Waals surface area contributed by atoms with Gasteiger partial charge in [-0.05, 0) is 24.4 Å². The van der Waals surface area contributed by atoms with E-state index in [-0.39, 0.29) is 0 Å². The number of nitriles is 1. The maximum Gasteiger partial charge on any atom is 0.130 e. The van der Waals surface area contributed by atoms with Crippen molar-refractivity contribution in [1.29, 1.82) is 5.26 Å². The van der Waals surface area contributed by atoms with E-state index >= 15 is 0 Å². The summed E-state index contributed by atoms with van der Waals surface area (Å²) in [4.78, 5) is 14.4. The first-order valence-corrected chi connectivity index (χ1v) is 8.10. The Kier molecular flexibility index (Phi) is 4.60. The molecule has 0 atom stereocenters. The van der Waals surface area contributed by atoms with E-state index in [2.05, 4.69) is 38.5 Å². The molecule has 0 spiro atoms. The fourth-order valence-electron chi connectivity index (χ4n) is 2.21. The third kappa shape index (κ3) is 3.71. The number of pyridine rings is 1. The monoisotopic (exact) mass is 321 g/mol. The predicted molar refractivity (Wildman–Crippen MR) is 92.0 cm³/mol. The van der Waals surface area contributed by atoms with Gasteiger partial charge in [-0.15, -0.1) is 11.3 Å². The molecule has 0 amide bonds. The fraction of sp³-hybridized carbons (Fsp3) is 0.176. The lowest BCUT2D eigenvalue weighted by Gasteiger charge is -2.08. The number of hydrogen-bond acceptors (Lipinski definition) is 6. The molecule has 0 saturated heterocycles. The quantitative estimate of drug-likeness (QED) is 0.721. The van der Waals surface area contributed by atoms with Crippen molar-refractivity contribution in [2.75, 3.05) is 11.9 Å². The number of hydrogen-bond donors (Lipinski definition) is 1. The van der Waals surface area contributed by atoms with Crippen molar-refractivity contribution in [3.8, 4) is 27.8 Å². The maximum atomic E-state index is 8.62. The minimum absolute atomic E-state index is 0.438. The van der Waals surface area contributed by atoms with Crippen LogP contribution in [0.25, 0.3) is 21.7 Å².